The number of nitrogens with zero attached hydrogens (tertiary/aromatic N) is 6. The smallest absolute Gasteiger partial charge is 0.227 e. The molecule has 3 atom stereocenters. The largest absolute Gasteiger partial charge is 0.390 e. The summed E-state index contributed by atoms with van der Waals surface area (Å²) in [6.07, 6.45) is 7.10. The molecule has 3 fully saturated rings. The zero-order chi connectivity index (χ0) is 25.8. The predicted molar refractivity (Wildman–Crippen MR) is 143 cm³/mol. The van der Waals surface area contributed by atoms with E-state index in [0.717, 1.165) is 42.6 Å². The normalized spacial score (nSPS) is 27.1. The summed E-state index contributed by atoms with van der Waals surface area (Å²) in [6, 6.07) is 4.35. The molecule has 196 valence electrons. The van der Waals surface area contributed by atoms with Crippen molar-refractivity contribution in [1.29, 1.82) is 0 Å². The van der Waals surface area contributed by atoms with E-state index in [-0.39, 0.29) is 12.0 Å². The molecule has 3 aromatic rings. The van der Waals surface area contributed by atoms with Gasteiger partial charge in [0, 0.05) is 56.2 Å². The van der Waals surface area contributed by atoms with Crippen LogP contribution in [0, 0.1) is 5.41 Å². The summed E-state index contributed by atoms with van der Waals surface area (Å²) < 4.78 is 14.7. The van der Waals surface area contributed by atoms with E-state index < -0.39 is 11.8 Å². The lowest BCUT2D eigenvalue weighted by atomic mass is 9.78. The zero-order valence-electron chi connectivity index (χ0n) is 21.7. The van der Waals surface area contributed by atoms with Gasteiger partial charge >= 0.3 is 0 Å². The Morgan fingerprint density at radius 1 is 1.11 bits per heavy atom. The highest BCUT2D eigenvalue weighted by Crippen LogP contribution is 2.37. The SMILES string of the molecule is CC1CCN1c1ncc(CC2(C)CNC2)c2cc(Nc3ccnc(N4CC[C@@H](O)[C@@](C)(F)C4)n3)ncc12. The lowest BCUT2D eigenvalue weighted by molar-refractivity contribution is -0.00860. The van der Waals surface area contributed by atoms with Crippen LogP contribution >= 0.6 is 0 Å². The number of rotatable bonds is 6. The van der Waals surface area contributed by atoms with E-state index >= 15 is 0 Å². The van der Waals surface area contributed by atoms with Gasteiger partial charge in [-0.05, 0) is 61.6 Å². The third-order valence-electron chi connectivity index (χ3n) is 8.20. The first kappa shape index (κ1) is 24.2. The minimum Gasteiger partial charge on any atom is -0.390 e. The van der Waals surface area contributed by atoms with Crippen LogP contribution in [0.25, 0.3) is 10.8 Å². The molecule has 1 unspecified atom stereocenters. The van der Waals surface area contributed by atoms with Crippen molar-refractivity contribution in [3.05, 3.63) is 36.3 Å². The van der Waals surface area contributed by atoms with Gasteiger partial charge < -0.3 is 25.5 Å². The molecule has 0 amide bonds. The fourth-order valence-electron chi connectivity index (χ4n) is 5.59. The van der Waals surface area contributed by atoms with E-state index in [1.807, 2.05) is 12.4 Å². The van der Waals surface area contributed by atoms with Gasteiger partial charge in [-0.1, -0.05) is 6.92 Å². The number of fused-ring (bicyclic) bond motifs is 1. The van der Waals surface area contributed by atoms with Crippen molar-refractivity contribution in [3.63, 3.8) is 0 Å². The first-order valence-corrected chi connectivity index (χ1v) is 13.2. The Hall–Kier alpha value is -3.11. The highest BCUT2D eigenvalue weighted by Gasteiger charge is 2.40. The Bertz CT molecular complexity index is 1310. The van der Waals surface area contributed by atoms with Gasteiger partial charge in [0.05, 0.1) is 12.6 Å². The quantitative estimate of drug-likeness (QED) is 0.465. The van der Waals surface area contributed by atoms with Gasteiger partial charge in [-0.3, -0.25) is 0 Å². The maximum atomic E-state index is 14.7. The molecule has 3 aliphatic heterocycles. The number of aromatic nitrogens is 4. The number of nitrogens with one attached hydrogen (secondary N) is 2. The highest BCUT2D eigenvalue weighted by atomic mass is 19.1. The first-order chi connectivity index (χ1) is 17.7. The van der Waals surface area contributed by atoms with Crippen LogP contribution in [0.15, 0.2) is 30.7 Å². The standard InChI is InChI=1S/C27H35FN8O/c1-17-5-9-36(17)24-20-13-31-23(10-19(20)18(12-32-24)11-26(2)14-29-15-26)33-22-4-7-30-25(34-22)35-8-6-21(37)27(3,28)16-35/h4,7,10,12-13,17,21,29,37H,5-6,8-9,11,14-16H2,1-3H3,(H,30,31,33,34)/t17?,21-,27+/m1/s1. The van der Waals surface area contributed by atoms with Gasteiger partial charge in [-0.25, -0.2) is 19.3 Å². The molecule has 3 aliphatic rings. The predicted octanol–water partition coefficient (Wildman–Crippen LogP) is 3.21. The molecule has 37 heavy (non-hydrogen) atoms. The lowest BCUT2D eigenvalue weighted by Gasteiger charge is -2.41. The molecule has 0 spiro atoms. The van der Waals surface area contributed by atoms with E-state index in [1.165, 1.54) is 18.9 Å². The maximum Gasteiger partial charge on any atom is 0.227 e. The van der Waals surface area contributed by atoms with Crippen LogP contribution in [0.1, 0.15) is 39.2 Å². The Kier molecular flexibility index (Phi) is 5.91. The van der Waals surface area contributed by atoms with Crippen molar-refractivity contribution in [1.82, 2.24) is 25.3 Å². The molecule has 10 heteroatoms. The first-order valence-electron chi connectivity index (χ1n) is 13.2. The monoisotopic (exact) mass is 506 g/mol. The van der Waals surface area contributed by atoms with Gasteiger partial charge in [0.15, 0.2) is 5.67 Å². The van der Waals surface area contributed by atoms with Crippen molar-refractivity contribution in [2.75, 3.05) is 47.8 Å². The van der Waals surface area contributed by atoms with E-state index in [0.29, 0.717) is 36.6 Å². The molecule has 0 saturated carbocycles. The fraction of sp³-hybridized carbons (Fsp3) is 0.556. The molecule has 0 bridgehead atoms. The second kappa shape index (κ2) is 9.02. The van der Waals surface area contributed by atoms with E-state index in [9.17, 15) is 9.50 Å². The Balaban J connectivity index is 1.30. The molecule has 0 aliphatic carbocycles. The number of hydrogen-bond donors (Lipinski definition) is 3. The molecule has 6 heterocycles. The fourth-order valence-corrected chi connectivity index (χ4v) is 5.59. The topological polar surface area (TPSA) is 102 Å². The van der Waals surface area contributed by atoms with Gasteiger partial charge in [0.1, 0.15) is 17.5 Å². The number of piperidine rings is 1. The number of alkyl halides is 1. The summed E-state index contributed by atoms with van der Waals surface area (Å²) >= 11 is 0. The summed E-state index contributed by atoms with van der Waals surface area (Å²) in [4.78, 5) is 22.7. The number of aliphatic hydroxyl groups is 1. The Labute approximate surface area is 216 Å². The number of aliphatic hydroxyl groups excluding tert-OH is 1. The average molecular weight is 507 g/mol. The minimum absolute atomic E-state index is 0.0491. The van der Waals surface area contributed by atoms with E-state index in [1.54, 1.807) is 17.2 Å². The van der Waals surface area contributed by atoms with Gasteiger partial charge in [0.25, 0.3) is 0 Å². The van der Waals surface area contributed by atoms with Crippen LogP contribution in [0.2, 0.25) is 0 Å². The van der Waals surface area contributed by atoms with Crippen molar-refractivity contribution < 1.29 is 9.50 Å². The van der Waals surface area contributed by atoms with Crippen LogP contribution in [-0.2, 0) is 6.42 Å². The third-order valence-corrected chi connectivity index (χ3v) is 8.20. The number of hydrogen-bond acceptors (Lipinski definition) is 9. The number of halogens is 1. The number of pyridine rings is 2. The third kappa shape index (κ3) is 4.57. The summed E-state index contributed by atoms with van der Waals surface area (Å²) in [5.41, 5.74) is -0.252. The van der Waals surface area contributed by atoms with Crippen LogP contribution in [0.4, 0.5) is 27.8 Å². The van der Waals surface area contributed by atoms with Crippen molar-refractivity contribution >= 4 is 34.2 Å². The molecule has 0 radical (unpaired) electrons. The Morgan fingerprint density at radius 2 is 1.95 bits per heavy atom. The van der Waals surface area contributed by atoms with Gasteiger partial charge in [0.2, 0.25) is 5.95 Å². The summed E-state index contributed by atoms with van der Waals surface area (Å²) in [5.74, 6) is 2.71. The number of anilines is 4. The van der Waals surface area contributed by atoms with E-state index in [2.05, 4.69) is 45.4 Å². The summed E-state index contributed by atoms with van der Waals surface area (Å²) in [7, 11) is 0. The molecule has 0 aromatic carbocycles. The maximum absolute atomic E-state index is 14.7. The molecular formula is C27H35FN8O. The van der Waals surface area contributed by atoms with Gasteiger partial charge in [-0.15, -0.1) is 0 Å². The van der Waals surface area contributed by atoms with Gasteiger partial charge in [-0.2, -0.15) is 4.98 Å². The molecular weight excluding hydrogens is 471 g/mol. The second-order valence-electron chi connectivity index (χ2n) is 11.5. The molecule has 3 saturated heterocycles. The minimum atomic E-state index is -1.70. The van der Waals surface area contributed by atoms with Crippen LogP contribution in [0.3, 0.4) is 0 Å². The van der Waals surface area contributed by atoms with Crippen molar-refractivity contribution in [2.24, 2.45) is 5.41 Å². The zero-order valence-corrected chi connectivity index (χ0v) is 21.7. The summed E-state index contributed by atoms with van der Waals surface area (Å²) in [5, 5.41) is 18.9. The molecule has 9 nitrogen and oxygen atoms in total. The average Bonchev–Trinajstić information content (AvgIpc) is 2.85. The summed E-state index contributed by atoms with van der Waals surface area (Å²) in [6.45, 7) is 9.54. The lowest BCUT2D eigenvalue weighted by Crippen LogP contribution is -2.52. The second-order valence-corrected chi connectivity index (χ2v) is 11.5. The van der Waals surface area contributed by atoms with Crippen LogP contribution in [-0.4, -0.2) is 75.6 Å². The molecule has 6 rings (SSSR count). The molecule has 3 aromatic heterocycles. The highest BCUT2D eigenvalue weighted by molar-refractivity contribution is 5.95. The van der Waals surface area contributed by atoms with Crippen molar-refractivity contribution in [2.45, 2.75) is 57.8 Å². The van der Waals surface area contributed by atoms with E-state index in [4.69, 9.17) is 9.97 Å². The van der Waals surface area contributed by atoms with Crippen molar-refractivity contribution in [3.8, 4) is 0 Å². The van der Waals surface area contributed by atoms with Crippen LogP contribution in [0.5, 0.6) is 0 Å². The van der Waals surface area contributed by atoms with Crippen LogP contribution < -0.4 is 20.4 Å². The Morgan fingerprint density at radius 3 is 2.62 bits per heavy atom. The molecule has 3 N–H and O–H groups in total.